The summed E-state index contributed by atoms with van der Waals surface area (Å²) in [6, 6.07) is 0. The lowest BCUT2D eigenvalue weighted by Crippen LogP contribution is -2.26. The van der Waals surface area contributed by atoms with E-state index < -0.39 is 6.43 Å². The van der Waals surface area contributed by atoms with E-state index in [9.17, 15) is 8.78 Å². The molecule has 2 rings (SSSR count). The third-order valence-electron chi connectivity index (χ3n) is 2.93. The molecule has 0 aliphatic carbocycles. The summed E-state index contributed by atoms with van der Waals surface area (Å²) < 4.78 is 25.3. The van der Waals surface area contributed by atoms with E-state index in [-0.39, 0.29) is 11.4 Å². The fourth-order valence-electron chi connectivity index (χ4n) is 1.99. The molecule has 1 saturated heterocycles. The lowest BCUT2D eigenvalue weighted by Gasteiger charge is -2.20. The molecule has 17 heavy (non-hydrogen) atoms. The molecule has 0 spiro atoms. The molecule has 0 bridgehead atoms. The van der Waals surface area contributed by atoms with Gasteiger partial charge >= 0.3 is 0 Å². The molecule has 2 N–H and O–H groups in total. The molecule has 0 saturated carbocycles. The van der Waals surface area contributed by atoms with Gasteiger partial charge in [0.15, 0.2) is 0 Å². The molecule has 1 aliphatic heterocycles. The van der Waals surface area contributed by atoms with Crippen LogP contribution in [0.2, 0.25) is 0 Å². The van der Waals surface area contributed by atoms with Crippen LogP contribution < -0.4 is 10.6 Å². The Labute approximate surface area is 98.9 Å². The summed E-state index contributed by atoms with van der Waals surface area (Å²) >= 11 is 0. The summed E-state index contributed by atoms with van der Waals surface area (Å²) in [5.74, 6) is 0.372. The fraction of sp³-hybridized carbons (Fsp3) is 0.636. The summed E-state index contributed by atoms with van der Waals surface area (Å²) in [5, 5.41) is 0. The first-order valence-electron chi connectivity index (χ1n) is 5.84. The van der Waals surface area contributed by atoms with Gasteiger partial charge in [0, 0.05) is 13.1 Å². The minimum absolute atomic E-state index is 0.0430. The molecular weight excluding hydrogens is 226 g/mol. The third-order valence-corrected chi connectivity index (χ3v) is 2.93. The molecule has 1 aromatic rings. The second-order valence-corrected chi connectivity index (χ2v) is 4.21. The predicted octanol–water partition coefficient (Wildman–Crippen LogP) is 2.38. The van der Waals surface area contributed by atoms with Crippen molar-refractivity contribution in [3.63, 3.8) is 0 Å². The number of hydrogen-bond donors (Lipinski definition) is 1. The SMILES string of the molecule is Nc1cnc(N2CCCCCC2)nc1C(F)F. The van der Waals surface area contributed by atoms with E-state index in [2.05, 4.69) is 9.97 Å². The van der Waals surface area contributed by atoms with Crippen LogP contribution in [0.25, 0.3) is 0 Å². The van der Waals surface area contributed by atoms with Crippen molar-refractivity contribution in [3.8, 4) is 0 Å². The van der Waals surface area contributed by atoms with Gasteiger partial charge < -0.3 is 10.6 Å². The smallest absolute Gasteiger partial charge is 0.282 e. The van der Waals surface area contributed by atoms with Gasteiger partial charge in [-0.2, -0.15) is 0 Å². The molecule has 0 unspecified atom stereocenters. The van der Waals surface area contributed by atoms with Gasteiger partial charge in [-0.1, -0.05) is 12.8 Å². The molecule has 4 nitrogen and oxygen atoms in total. The zero-order valence-corrected chi connectivity index (χ0v) is 9.57. The summed E-state index contributed by atoms with van der Waals surface area (Å²) in [5.41, 5.74) is 5.02. The highest BCUT2D eigenvalue weighted by atomic mass is 19.3. The van der Waals surface area contributed by atoms with Gasteiger partial charge in [-0.05, 0) is 12.8 Å². The van der Waals surface area contributed by atoms with Crippen LogP contribution in [0.4, 0.5) is 20.4 Å². The lowest BCUT2D eigenvalue weighted by atomic mass is 10.2. The summed E-state index contributed by atoms with van der Waals surface area (Å²) in [6.07, 6.45) is 3.08. The van der Waals surface area contributed by atoms with Gasteiger partial charge in [0.05, 0.1) is 11.9 Å². The minimum Gasteiger partial charge on any atom is -0.396 e. The highest BCUT2D eigenvalue weighted by molar-refractivity contribution is 5.45. The van der Waals surface area contributed by atoms with Gasteiger partial charge in [-0.3, -0.25) is 0 Å². The number of aromatic nitrogens is 2. The molecule has 0 atom stereocenters. The molecule has 1 fully saturated rings. The zero-order valence-electron chi connectivity index (χ0n) is 9.57. The van der Waals surface area contributed by atoms with Gasteiger partial charge in [0.2, 0.25) is 5.95 Å². The number of halogens is 2. The number of alkyl halides is 2. The summed E-state index contributed by atoms with van der Waals surface area (Å²) in [7, 11) is 0. The van der Waals surface area contributed by atoms with Crippen molar-refractivity contribution < 1.29 is 8.78 Å². The first-order valence-corrected chi connectivity index (χ1v) is 5.84. The number of nitrogens with two attached hydrogens (primary N) is 1. The van der Waals surface area contributed by atoms with Crippen LogP contribution in [-0.2, 0) is 0 Å². The Morgan fingerprint density at radius 2 is 1.82 bits per heavy atom. The topological polar surface area (TPSA) is 55.0 Å². The number of anilines is 2. The van der Waals surface area contributed by atoms with E-state index in [4.69, 9.17) is 5.73 Å². The van der Waals surface area contributed by atoms with E-state index in [1.165, 1.54) is 19.0 Å². The average molecular weight is 242 g/mol. The first-order chi connectivity index (χ1) is 8.18. The normalized spacial score (nSPS) is 17.2. The standard InChI is InChI=1S/C11H16F2N4/c12-10(13)9-8(14)7-15-11(16-9)17-5-3-1-2-4-6-17/h7,10H,1-6,14H2. The van der Waals surface area contributed by atoms with Crippen LogP contribution in [-0.4, -0.2) is 23.1 Å². The highest BCUT2D eigenvalue weighted by Crippen LogP contribution is 2.24. The average Bonchev–Trinajstić information content (AvgIpc) is 2.58. The van der Waals surface area contributed by atoms with Crippen LogP contribution in [0.1, 0.15) is 37.8 Å². The lowest BCUT2D eigenvalue weighted by molar-refractivity contribution is 0.147. The molecular formula is C11H16F2N4. The van der Waals surface area contributed by atoms with Gasteiger partial charge in [0.25, 0.3) is 6.43 Å². The monoisotopic (exact) mass is 242 g/mol. The summed E-state index contributed by atoms with van der Waals surface area (Å²) in [6.45, 7) is 1.65. The van der Waals surface area contributed by atoms with Crippen LogP contribution in [0.5, 0.6) is 0 Å². The van der Waals surface area contributed by atoms with Crippen LogP contribution in [0, 0.1) is 0 Å². The van der Waals surface area contributed by atoms with Gasteiger partial charge in [-0.15, -0.1) is 0 Å². The fourth-order valence-corrected chi connectivity index (χ4v) is 1.99. The summed E-state index contributed by atoms with van der Waals surface area (Å²) in [4.78, 5) is 9.88. The van der Waals surface area contributed by atoms with Crippen LogP contribution in [0.15, 0.2) is 6.20 Å². The second kappa shape index (κ2) is 5.25. The highest BCUT2D eigenvalue weighted by Gasteiger charge is 2.18. The maximum absolute atomic E-state index is 12.7. The quantitative estimate of drug-likeness (QED) is 0.865. The molecule has 1 aromatic heterocycles. The number of nitrogen functional groups attached to an aromatic ring is 1. The van der Waals surface area contributed by atoms with Crippen molar-refractivity contribution >= 4 is 11.6 Å². The Balaban J connectivity index is 2.22. The largest absolute Gasteiger partial charge is 0.396 e. The van der Waals surface area contributed by atoms with Gasteiger partial charge in [0.1, 0.15) is 5.69 Å². The molecule has 0 amide bonds. The first kappa shape index (κ1) is 12.0. The Morgan fingerprint density at radius 1 is 1.18 bits per heavy atom. The molecule has 6 heteroatoms. The number of nitrogens with zero attached hydrogens (tertiary/aromatic N) is 3. The Morgan fingerprint density at radius 3 is 2.41 bits per heavy atom. The van der Waals surface area contributed by atoms with Crippen molar-refractivity contribution in [2.75, 3.05) is 23.7 Å². The number of hydrogen-bond acceptors (Lipinski definition) is 4. The Kier molecular flexibility index (Phi) is 3.71. The number of rotatable bonds is 2. The molecule has 1 aliphatic rings. The molecule has 94 valence electrons. The van der Waals surface area contributed by atoms with Crippen LogP contribution in [0.3, 0.4) is 0 Å². The van der Waals surface area contributed by atoms with Crippen LogP contribution >= 0.6 is 0 Å². The Hall–Kier alpha value is -1.46. The van der Waals surface area contributed by atoms with E-state index in [1.54, 1.807) is 0 Å². The maximum atomic E-state index is 12.7. The van der Waals surface area contributed by atoms with Crippen molar-refractivity contribution in [1.29, 1.82) is 0 Å². The third kappa shape index (κ3) is 2.81. The molecule has 2 heterocycles. The second-order valence-electron chi connectivity index (χ2n) is 4.21. The minimum atomic E-state index is -2.65. The Bertz CT molecular complexity index is 376. The van der Waals surface area contributed by atoms with Crippen molar-refractivity contribution in [2.24, 2.45) is 0 Å². The van der Waals surface area contributed by atoms with E-state index in [0.717, 1.165) is 25.9 Å². The molecule has 0 radical (unpaired) electrons. The van der Waals surface area contributed by atoms with Crippen molar-refractivity contribution in [2.45, 2.75) is 32.1 Å². The maximum Gasteiger partial charge on any atom is 0.282 e. The van der Waals surface area contributed by atoms with E-state index in [0.29, 0.717) is 5.95 Å². The van der Waals surface area contributed by atoms with E-state index >= 15 is 0 Å². The zero-order chi connectivity index (χ0) is 12.3. The van der Waals surface area contributed by atoms with Crippen molar-refractivity contribution in [3.05, 3.63) is 11.9 Å². The van der Waals surface area contributed by atoms with Gasteiger partial charge in [-0.25, -0.2) is 18.7 Å². The predicted molar refractivity (Wildman–Crippen MR) is 62.1 cm³/mol. The van der Waals surface area contributed by atoms with Crippen molar-refractivity contribution in [1.82, 2.24) is 9.97 Å². The molecule has 0 aromatic carbocycles. The van der Waals surface area contributed by atoms with E-state index in [1.807, 2.05) is 4.90 Å².